The average Bonchev–Trinajstić information content (AvgIpc) is 2.32. The predicted molar refractivity (Wildman–Crippen MR) is 76.4 cm³/mol. The summed E-state index contributed by atoms with van der Waals surface area (Å²) < 4.78 is 122. The first-order valence-corrected chi connectivity index (χ1v) is 6.84. The van der Waals surface area contributed by atoms with Crippen LogP contribution >= 0.6 is 0 Å². The minimum absolute atomic E-state index is 0.865. The van der Waals surface area contributed by atoms with Gasteiger partial charge in [-0.2, -0.15) is 0 Å². The maximum atomic E-state index is 9.75. The van der Waals surface area contributed by atoms with E-state index >= 15 is 0 Å². The van der Waals surface area contributed by atoms with Crippen LogP contribution in [-0.2, 0) is 4.74 Å². The van der Waals surface area contributed by atoms with E-state index in [0.717, 1.165) is 13.2 Å². The minimum Gasteiger partial charge on any atom is -0.418 e. The van der Waals surface area contributed by atoms with Crippen LogP contribution in [0, 0.1) is 0 Å². The van der Waals surface area contributed by atoms with Crippen molar-refractivity contribution in [2.24, 2.45) is 0 Å². The van der Waals surface area contributed by atoms with E-state index in [1.807, 2.05) is 0 Å². The molecule has 3 nitrogen and oxygen atoms in total. The van der Waals surface area contributed by atoms with Crippen molar-refractivity contribution in [3.05, 3.63) is 0 Å². The van der Waals surface area contributed by atoms with Crippen LogP contribution in [0.2, 0.25) is 0 Å². The molecular formula is C8H18B3F12N2O-3. The Hall–Kier alpha value is -0.765. The number of ether oxygens (including phenoxy) is 1. The second kappa shape index (κ2) is 14.3. The minimum atomic E-state index is -6.00. The Morgan fingerprint density at radius 2 is 0.923 bits per heavy atom. The summed E-state index contributed by atoms with van der Waals surface area (Å²) in [5.41, 5.74) is 0. The molecule has 1 heterocycles. The second-order valence-corrected chi connectivity index (χ2v) is 4.62. The fourth-order valence-electron chi connectivity index (χ4n) is 1.29. The Morgan fingerprint density at radius 1 is 0.654 bits per heavy atom. The zero-order valence-electron chi connectivity index (χ0n) is 13.8. The van der Waals surface area contributed by atoms with Gasteiger partial charge in [0, 0.05) is 39.8 Å². The first kappa shape index (κ1) is 30.0. The number of hydrogen-bond donors (Lipinski definition) is 0. The highest BCUT2D eigenvalue weighted by atomic mass is 19.5. The van der Waals surface area contributed by atoms with Gasteiger partial charge in [-0.05, 0) is 7.05 Å². The van der Waals surface area contributed by atoms with Crippen LogP contribution in [0.25, 0.3) is 0 Å². The molecule has 0 unspecified atom stereocenters. The Labute approximate surface area is 142 Å². The molecule has 0 N–H and O–H groups in total. The smallest absolute Gasteiger partial charge is 0.418 e. The van der Waals surface area contributed by atoms with Gasteiger partial charge in [0.05, 0.1) is 6.61 Å². The highest BCUT2D eigenvalue weighted by molar-refractivity contribution is 6.50. The molecule has 1 aliphatic heterocycles. The van der Waals surface area contributed by atoms with Crippen LogP contribution in [-0.4, -0.2) is 85.1 Å². The van der Waals surface area contributed by atoms with E-state index in [0.29, 0.717) is 0 Å². The number of hydrogen-bond acceptors (Lipinski definition) is 3. The van der Waals surface area contributed by atoms with Crippen molar-refractivity contribution < 1.29 is 56.5 Å². The van der Waals surface area contributed by atoms with E-state index < -0.39 is 21.8 Å². The number of piperazine rings is 1. The van der Waals surface area contributed by atoms with E-state index in [-0.39, 0.29) is 0 Å². The SMILES string of the molecule is COCCN1CCN(C)CC1.F[B-](F)(F)F.F[B-](F)(F)F.F[B-](F)(F)F. The molecule has 1 fully saturated rings. The molecular weight excluding hydrogens is 401 g/mol. The molecule has 18 heteroatoms. The van der Waals surface area contributed by atoms with Crippen LogP contribution in [0.15, 0.2) is 0 Å². The van der Waals surface area contributed by atoms with Crippen LogP contribution in [0.1, 0.15) is 0 Å². The normalized spacial score (nSPS) is 16.4. The number of rotatable bonds is 3. The molecule has 162 valence electrons. The molecule has 1 saturated heterocycles. The van der Waals surface area contributed by atoms with Crippen molar-refractivity contribution in [3.8, 4) is 0 Å². The third-order valence-electron chi connectivity index (χ3n) is 2.21. The highest BCUT2D eigenvalue weighted by Gasteiger charge is 2.21. The largest absolute Gasteiger partial charge is 0.673 e. The first-order valence-electron chi connectivity index (χ1n) is 6.84. The molecule has 0 aromatic carbocycles. The van der Waals surface area contributed by atoms with Gasteiger partial charge in [-0.3, -0.25) is 4.90 Å². The Kier molecular flexibility index (Phi) is 16.5. The summed E-state index contributed by atoms with van der Waals surface area (Å²) in [6, 6.07) is 0. The second-order valence-electron chi connectivity index (χ2n) is 4.62. The average molecular weight is 419 g/mol. The lowest BCUT2D eigenvalue weighted by molar-refractivity contribution is 0.108. The van der Waals surface area contributed by atoms with Crippen LogP contribution in [0.3, 0.4) is 0 Å². The first-order chi connectivity index (χ1) is 11.3. The van der Waals surface area contributed by atoms with E-state index in [2.05, 4.69) is 16.8 Å². The molecule has 0 amide bonds. The van der Waals surface area contributed by atoms with Gasteiger partial charge in [0.25, 0.3) is 0 Å². The summed E-state index contributed by atoms with van der Waals surface area (Å²) in [6.45, 7) is 6.74. The standard InChI is InChI=1S/C8H18N2O.3BF4/c1-9-3-5-10(6-4-9)7-8-11-2;3*2-1(3,4)5/h3-8H2,1-2H3;;;/q;3*-1. The quantitative estimate of drug-likeness (QED) is 0.512. The Balaban J connectivity index is -0.000000300. The van der Waals surface area contributed by atoms with Gasteiger partial charge in [0.15, 0.2) is 0 Å². The third-order valence-corrected chi connectivity index (χ3v) is 2.21. The summed E-state index contributed by atoms with van der Waals surface area (Å²) in [6.07, 6.45) is 0. The molecule has 0 aliphatic carbocycles. The molecule has 0 saturated carbocycles. The summed E-state index contributed by atoms with van der Waals surface area (Å²) in [5.74, 6) is 0. The van der Waals surface area contributed by atoms with Crippen molar-refractivity contribution in [1.82, 2.24) is 9.80 Å². The predicted octanol–water partition coefficient (Wildman–Crippen LogP) is 3.78. The number of likely N-dealkylation sites (N-methyl/N-ethyl adjacent to an activating group) is 1. The van der Waals surface area contributed by atoms with Gasteiger partial charge in [0.2, 0.25) is 0 Å². The zero-order valence-corrected chi connectivity index (χ0v) is 13.8. The molecule has 1 rings (SSSR count). The van der Waals surface area contributed by atoms with Crippen molar-refractivity contribution in [2.45, 2.75) is 0 Å². The van der Waals surface area contributed by atoms with E-state index in [1.165, 1.54) is 26.2 Å². The van der Waals surface area contributed by atoms with Crippen LogP contribution in [0.5, 0.6) is 0 Å². The maximum absolute atomic E-state index is 9.75. The molecule has 0 aromatic rings. The molecule has 1 aliphatic rings. The van der Waals surface area contributed by atoms with Gasteiger partial charge in [-0.1, -0.05) is 0 Å². The van der Waals surface area contributed by atoms with Crippen LogP contribution < -0.4 is 0 Å². The molecule has 0 bridgehead atoms. The monoisotopic (exact) mass is 419 g/mol. The van der Waals surface area contributed by atoms with Crippen LogP contribution in [0.4, 0.5) is 51.8 Å². The van der Waals surface area contributed by atoms with Gasteiger partial charge in [0.1, 0.15) is 0 Å². The van der Waals surface area contributed by atoms with E-state index in [4.69, 9.17) is 4.74 Å². The molecule has 0 spiro atoms. The van der Waals surface area contributed by atoms with Crippen molar-refractivity contribution in [2.75, 3.05) is 53.5 Å². The molecule has 0 radical (unpaired) electrons. The fraction of sp³-hybridized carbons (Fsp3) is 1.00. The topological polar surface area (TPSA) is 15.7 Å². The van der Waals surface area contributed by atoms with Gasteiger partial charge >= 0.3 is 21.8 Å². The summed E-state index contributed by atoms with van der Waals surface area (Å²) in [5, 5.41) is 0. The number of halogens is 12. The molecule has 0 aromatic heterocycles. The third kappa shape index (κ3) is 65.6. The van der Waals surface area contributed by atoms with Gasteiger partial charge in [-0.15, -0.1) is 0 Å². The van der Waals surface area contributed by atoms with E-state index in [9.17, 15) is 51.8 Å². The lowest BCUT2D eigenvalue weighted by Gasteiger charge is -2.31. The van der Waals surface area contributed by atoms with Crippen molar-refractivity contribution >= 4 is 21.8 Å². The van der Waals surface area contributed by atoms with E-state index in [1.54, 1.807) is 7.11 Å². The lowest BCUT2D eigenvalue weighted by atomic mass is 10.3. The van der Waals surface area contributed by atoms with Gasteiger partial charge < -0.3 is 61.4 Å². The van der Waals surface area contributed by atoms with Crippen molar-refractivity contribution in [1.29, 1.82) is 0 Å². The summed E-state index contributed by atoms with van der Waals surface area (Å²) in [4.78, 5) is 4.81. The highest BCUT2D eigenvalue weighted by Crippen LogP contribution is 2.07. The number of methoxy groups -OCH3 is 1. The maximum Gasteiger partial charge on any atom is 0.673 e. The lowest BCUT2D eigenvalue weighted by Crippen LogP contribution is -2.45. The fourth-order valence-corrected chi connectivity index (χ4v) is 1.29. The molecule has 0 atom stereocenters. The molecule has 26 heavy (non-hydrogen) atoms. The van der Waals surface area contributed by atoms with Crippen molar-refractivity contribution in [3.63, 3.8) is 0 Å². The van der Waals surface area contributed by atoms with Gasteiger partial charge in [-0.25, -0.2) is 0 Å². The summed E-state index contributed by atoms with van der Waals surface area (Å²) >= 11 is 0. The zero-order chi connectivity index (χ0) is 21.6. The number of nitrogens with zero attached hydrogens (tertiary/aromatic N) is 2. The Bertz CT molecular complexity index is 270. The summed E-state index contributed by atoms with van der Waals surface area (Å²) in [7, 11) is -14.1. The Morgan fingerprint density at radius 3 is 1.15 bits per heavy atom.